The third-order valence-corrected chi connectivity index (χ3v) is 3.84. The van der Waals surface area contributed by atoms with E-state index in [9.17, 15) is 5.11 Å². The molecule has 1 aliphatic heterocycles. The summed E-state index contributed by atoms with van der Waals surface area (Å²) in [6.07, 6.45) is 2.42. The number of hydrogen-bond donors (Lipinski definition) is 1. The zero-order valence-electron chi connectivity index (χ0n) is 8.75. The van der Waals surface area contributed by atoms with E-state index in [0.29, 0.717) is 11.4 Å². The Balaban J connectivity index is 2.12. The molecule has 0 bridgehead atoms. The number of rotatable bonds is 4. The van der Waals surface area contributed by atoms with Gasteiger partial charge in [-0.05, 0) is 39.4 Å². The monoisotopic (exact) mass is 204 g/mol. The first-order chi connectivity index (χ1) is 5.99. The SMILES string of the molecule is CC1OCCC1SCCC(C)(C)O. The standard InChI is InChI=1S/C10H20O2S/c1-8-9(4-6-12-8)13-7-5-10(2,3)11/h8-9,11H,4-7H2,1-3H3. The highest BCUT2D eigenvalue weighted by Gasteiger charge is 2.25. The van der Waals surface area contributed by atoms with Crippen LogP contribution in [0.5, 0.6) is 0 Å². The molecule has 1 rings (SSSR count). The van der Waals surface area contributed by atoms with Crippen molar-refractivity contribution < 1.29 is 9.84 Å². The summed E-state index contributed by atoms with van der Waals surface area (Å²) in [4.78, 5) is 0. The van der Waals surface area contributed by atoms with Crippen LogP contribution in [0, 0.1) is 0 Å². The van der Waals surface area contributed by atoms with E-state index in [1.54, 1.807) is 0 Å². The molecule has 1 fully saturated rings. The first-order valence-electron chi connectivity index (χ1n) is 4.94. The molecule has 1 saturated heterocycles. The van der Waals surface area contributed by atoms with Crippen LogP contribution in [0.2, 0.25) is 0 Å². The summed E-state index contributed by atoms with van der Waals surface area (Å²) in [5.41, 5.74) is -0.518. The fourth-order valence-electron chi connectivity index (χ4n) is 1.39. The average molecular weight is 204 g/mol. The van der Waals surface area contributed by atoms with E-state index in [1.807, 2.05) is 25.6 Å². The van der Waals surface area contributed by atoms with Crippen molar-refractivity contribution in [1.29, 1.82) is 0 Å². The van der Waals surface area contributed by atoms with E-state index in [4.69, 9.17) is 4.74 Å². The van der Waals surface area contributed by atoms with Gasteiger partial charge in [0.15, 0.2) is 0 Å². The minimum atomic E-state index is -0.518. The molecule has 1 aliphatic rings. The molecule has 0 aromatic rings. The molecule has 0 aliphatic carbocycles. The van der Waals surface area contributed by atoms with E-state index in [0.717, 1.165) is 25.2 Å². The summed E-state index contributed by atoms with van der Waals surface area (Å²) in [5.74, 6) is 1.03. The maximum absolute atomic E-state index is 9.51. The number of hydrogen-bond acceptors (Lipinski definition) is 3. The van der Waals surface area contributed by atoms with E-state index >= 15 is 0 Å². The van der Waals surface area contributed by atoms with Crippen molar-refractivity contribution in [1.82, 2.24) is 0 Å². The van der Waals surface area contributed by atoms with Gasteiger partial charge in [-0.25, -0.2) is 0 Å². The first kappa shape index (κ1) is 11.3. The minimum absolute atomic E-state index is 0.395. The van der Waals surface area contributed by atoms with Gasteiger partial charge in [0.1, 0.15) is 0 Å². The quantitative estimate of drug-likeness (QED) is 0.760. The molecule has 0 aromatic carbocycles. The van der Waals surface area contributed by atoms with Gasteiger partial charge in [-0.1, -0.05) is 0 Å². The Bertz CT molecular complexity index is 153. The van der Waals surface area contributed by atoms with Gasteiger partial charge in [0.2, 0.25) is 0 Å². The number of aliphatic hydroxyl groups is 1. The summed E-state index contributed by atoms with van der Waals surface area (Å²) in [6.45, 7) is 6.76. The summed E-state index contributed by atoms with van der Waals surface area (Å²) in [7, 11) is 0. The molecule has 78 valence electrons. The van der Waals surface area contributed by atoms with Crippen molar-refractivity contribution in [3.63, 3.8) is 0 Å². The normalized spacial score (nSPS) is 29.5. The van der Waals surface area contributed by atoms with Gasteiger partial charge in [-0.2, -0.15) is 11.8 Å². The second-order valence-electron chi connectivity index (χ2n) is 4.34. The molecule has 2 nitrogen and oxygen atoms in total. The average Bonchev–Trinajstić information content (AvgIpc) is 2.34. The van der Waals surface area contributed by atoms with Crippen LogP contribution in [0.4, 0.5) is 0 Å². The van der Waals surface area contributed by atoms with Crippen LogP contribution in [0.1, 0.15) is 33.6 Å². The molecule has 2 unspecified atom stereocenters. The summed E-state index contributed by atoms with van der Waals surface area (Å²) in [6, 6.07) is 0. The molecule has 1 N–H and O–H groups in total. The van der Waals surface area contributed by atoms with Gasteiger partial charge in [0.05, 0.1) is 11.7 Å². The lowest BCUT2D eigenvalue weighted by atomic mass is 10.1. The smallest absolute Gasteiger partial charge is 0.0666 e. The lowest BCUT2D eigenvalue weighted by Gasteiger charge is -2.19. The predicted molar refractivity (Wildman–Crippen MR) is 57.2 cm³/mol. The third kappa shape index (κ3) is 4.34. The molecule has 1 heterocycles. The van der Waals surface area contributed by atoms with Crippen molar-refractivity contribution >= 4 is 11.8 Å². The van der Waals surface area contributed by atoms with Crippen LogP contribution in [0.3, 0.4) is 0 Å². The summed E-state index contributed by atoms with van der Waals surface area (Å²) >= 11 is 1.93. The fraction of sp³-hybridized carbons (Fsp3) is 1.00. The van der Waals surface area contributed by atoms with Gasteiger partial charge >= 0.3 is 0 Å². The molecule has 2 atom stereocenters. The topological polar surface area (TPSA) is 29.5 Å². The second kappa shape index (κ2) is 4.67. The Kier molecular flexibility index (Phi) is 4.07. The molecule has 0 aromatic heterocycles. The highest BCUT2D eigenvalue weighted by Crippen LogP contribution is 2.27. The van der Waals surface area contributed by atoms with Crippen molar-refractivity contribution in [2.24, 2.45) is 0 Å². The Morgan fingerprint density at radius 2 is 2.23 bits per heavy atom. The number of thioether (sulfide) groups is 1. The van der Waals surface area contributed by atoms with Gasteiger partial charge < -0.3 is 9.84 Å². The number of ether oxygens (including phenoxy) is 1. The highest BCUT2D eigenvalue weighted by molar-refractivity contribution is 7.99. The van der Waals surface area contributed by atoms with Crippen molar-refractivity contribution in [3.8, 4) is 0 Å². The van der Waals surface area contributed by atoms with E-state index < -0.39 is 5.60 Å². The zero-order chi connectivity index (χ0) is 9.90. The van der Waals surface area contributed by atoms with Crippen LogP contribution >= 0.6 is 11.8 Å². The Labute approximate surface area is 85.0 Å². The maximum atomic E-state index is 9.51. The Hall–Kier alpha value is 0.270. The molecule has 0 spiro atoms. The molecular formula is C10H20O2S. The molecule has 3 heteroatoms. The van der Waals surface area contributed by atoms with Crippen LogP contribution in [-0.4, -0.2) is 34.4 Å². The highest BCUT2D eigenvalue weighted by atomic mass is 32.2. The van der Waals surface area contributed by atoms with Crippen LogP contribution in [0.25, 0.3) is 0 Å². The second-order valence-corrected chi connectivity index (χ2v) is 5.68. The molecular weight excluding hydrogens is 184 g/mol. The van der Waals surface area contributed by atoms with Gasteiger partial charge in [-0.15, -0.1) is 0 Å². The lowest BCUT2D eigenvalue weighted by Crippen LogP contribution is -2.21. The first-order valence-corrected chi connectivity index (χ1v) is 5.99. The predicted octanol–water partition coefficient (Wildman–Crippen LogP) is 2.06. The van der Waals surface area contributed by atoms with E-state index in [2.05, 4.69) is 6.92 Å². The summed E-state index contributed by atoms with van der Waals surface area (Å²) < 4.78 is 5.46. The largest absolute Gasteiger partial charge is 0.390 e. The fourth-order valence-corrected chi connectivity index (χ4v) is 2.92. The minimum Gasteiger partial charge on any atom is -0.390 e. The van der Waals surface area contributed by atoms with Crippen molar-refractivity contribution in [2.75, 3.05) is 12.4 Å². The van der Waals surface area contributed by atoms with Gasteiger partial charge in [-0.3, -0.25) is 0 Å². The van der Waals surface area contributed by atoms with E-state index in [-0.39, 0.29) is 0 Å². The molecule has 0 amide bonds. The van der Waals surface area contributed by atoms with E-state index in [1.165, 1.54) is 0 Å². The van der Waals surface area contributed by atoms with Gasteiger partial charge in [0, 0.05) is 11.9 Å². The molecule has 0 saturated carbocycles. The third-order valence-electron chi connectivity index (χ3n) is 2.35. The lowest BCUT2D eigenvalue weighted by molar-refractivity contribution is 0.0776. The molecule has 0 radical (unpaired) electrons. The maximum Gasteiger partial charge on any atom is 0.0666 e. The van der Waals surface area contributed by atoms with Crippen LogP contribution in [0.15, 0.2) is 0 Å². The summed E-state index contributed by atoms with van der Waals surface area (Å²) in [5, 5.41) is 10.2. The molecule has 13 heavy (non-hydrogen) atoms. The van der Waals surface area contributed by atoms with Gasteiger partial charge in [0.25, 0.3) is 0 Å². The van der Waals surface area contributed by atoms with Crippen LogP contribution < -0.4 is 0 Å². The van der Waals surface area contributed by atoms with Crippen LogP contribution in [-0.2, 0) is 4.74 Å². The van der Waals surface area contributed by atoms with Crippen molar-refractivity contribution in [3.05, 3.63) is 0 Å². The zero-order valence-corrected chi connectivity index (χ0v) is 9.56. The van der Waals surface area contributed by atoms with Crippen molar-refractivity contribution in [2.45, 2.75) is 50.6 Å². The Morgan fingerprint density at radius 3 is 2.69 bits per heavy atom. The Morgan fingerprint density at radius 1 is 1.54 bits per heavy atom.